The molecule has 3 radical (unpaired) electrons. The predicted octanol–water partition coefficient (Wildman–Crippen LogP) is 14.5. The Bertz CT molecular complexity index is 4890. The highest BCUT2D eigenvalue weighted by molar-refractivity contribution is 5.76. The van der Waals surface area contributed by atoms with Gasteiger partial charge in [-0.3, -0.25) is 4.39 Å². The van der Waals surface area contributed by atoms with Crippen molar-refractivity contribution in [1.82, 2.24) is 90.9 Å². The Balaban J connectivity index is 0.000000189. The lowest BCUT2D eigenvalue weighted by molar-refractivity contribution is 0.207. The standard InChI is InChI=1S/2C26H27F2N7O.C25H25F2N7O.C2H2.CH3F.CH4.B/c1-3-17-14-29-26(30-15-17)35-10-8-18(9-11-35)16-36-24-22(27)12-21(13-23(24)28)19-4-6-20(7-5-19)25-31-32-33-34(25)2;1-3-17-14-29-26(30-15-17)35-10-8-18(9-11-35)16-36-24-22(27)12-21(13-23(24)28)19-4-6-20(7-5-19)25-31-33-34(2)32-25;1-2-16-13-28-25(29-14-16)34-9-7-17(8-10-34)15-35-23-21(26)11-20(12-22(23)27)18-3-5-19(6-4-18)24-30-32-33-31-24;2*1-2;;/h2*4-7,12-15,18H,3,8-11,16H2,1-2H3;3-6,11-14,17H,2,7-10,15H2,1H3,(H,30,31,32,33);1-2H;1H3;1H4;/i;;;;1D;;. The number of nitrogens with zero attached hydrogens (tertiary/aromatic N) is 20. The number of terminal acetylenes is 1. The van der Waals surface area contributed by atoms with Crippen LogP contribution >= 0.6 is 0 Å². The minimum absolute atomic E-state index is 0. The SMILES string of the molecule is C.C#C.CCc1cnc(N2CCC(COc3c(F)cc(-c4ccc(-c5nn[nH]n5)cc4)cc3F)CC2)nc1.CCc1cnc(N2CCC(COc3c(F)cc(-c4ccc(-c5nnn(C)n5)cc4)cc3F)CC2)nc1.CCc1cnc(N2CCC(COc3c(F)cc(-c4ccc(-c5nnnn5C)cc4)cc3F)CC2)nc1.[2H]CF.[B]. The third-order valence-electron chi connectivity index (χ3n) is 19.3. The molecule has 32 heteroatoms. The number of halogens is 7. The van der Waals surface area contributed by atoms with Crippen molar-refractivity contribution in [3.05, 3.63) is 198 Å². The molecule has 3 aliphatic rings. The van der Waals surface area contributed by atoms with Crippen LogP contribution in [0.5, 0.6) is 17.2 Å². The van der Waals surface area contributed by atoms with E-state index in [0.717, 1.165) is 148 Å². The van der Waals surface area contributed by atoms with Crippen LogP contribution in [0.4, 0.5) is 48.6 Å². The molecule has 15 rings (SSSR count). The van der Waals surface area contributed by atoms with Gasteiger partial charge in [-0.25, -0.2) is 60.9 Å². The fourth-order valence-corrected chi connectivity index (χ4v) is 12.8. The molecule has 0 unspecified atom stereocenters. The Kier molecular flexibility index (Phi) is 30.3. The average Bonchev–Trinajstić information content (AvgIpc) is 1.08. The lowest BCUT2D eigenvalue weighted by Crippen LogP contribution is -2.36. The van der Waals surface area contributed by atoms with Gasteiger partial charge in [-0.1, -0.05) is 101 Å². The second-order valence-corrected chi connectivity index (χ2v) is 26.5. The molecule has 0 atom stereocenters. The Morgan fingerprint density at radius 2 is 0.735 bits per heavy atom. The zero-order valence-electron chi connectivity index (χ0n) is 63.6. The number of aromatic nitrogens is 18. The van der Waals surface area contributed by atoms with Crippen LogP contribution in [0.2, 0.25) is 0 Å². The molecule has 1 N–H and O–H groups in total. The number of hydrogen-bond donors (Lipinski definition) is 1. The van der Waals surface area contributed by atoms with Gasteiger partial charge in [0, 0.05) is 109 Å². The zero-order chi connectivity index (χ0) is 79.0. The van der Waals surface area contributed by atoms with Crippen molar-refractivity contribution in [3.63, 3.8) is 0 Å². The highest BCUT2D eigenvalue weighted by Crippen LogP contribution is 2.36. The minimum atomic E-state index is -1.00. The molecular weight excluding hydrogens is 1460 g/mol. The number of aromatic amines is 1. The van der Waals surface area contributed by atoms with E-state index < -0.39 is 42.1 Å². The fraction of sp³-hybridized carbons (Fsp3) is 0.346. The molecular formula is C81H88BF7N21O3. The molecule has 0 aliphatic carbocycles. The molecule has 0 bridgehead atoms. The summed E-state index contributed by atoms with van der Waals surface area (Å²) in [5.74, 6) is -0.974. The number of tetrazole rings is 3. The van der Waals surface area contributed by atoms with E-state index in [0.29, 0.717) is 50.9 Å². The number of rotatable bonds is 21. The van der Waals surface area contributed by atoms with E-state index in [4.69, 9.17) is 15.6 Å². The number of piperidine rings is 3. The zero-order valence-corrected chi connectivity index (χ0v) is 62.6. The molecule has 0 saturated carbocycles. The summed E-state index contributed by atoms with van der Waals surface area (Å²) in [5, 5.41) is 37.1. The van der Waals surface area contributed by atoms with Gasteiger partial charge in [0.05, 0.1) is 35.4 Å². The fourth-order valence-electron chi connectivity index (χ4n) is 12.8. The number of ether oxygens (including phenoxy) is 3. The first-order chi connectivity index (χ1) is 54.5. The molecule has 6 aromatic carbocycles. The molecule has 9 heterocycles. The van der Waals surface area contributed by atoms with Crippen LogP contribution in [0, 0.1) is 65.5 Å². The van der Waals surface area contributed by atoms with Crippen molar-refractivity contribution in [2.45, 2.75) is 86.0 Å². The molecule has 3 saturated heterocycles. The third kappa shape index (κ3) is 21.9. The summed E-state index contributed by atoms with van der Waals surface area (Å²) < 4.78 is 123. The van der Waals surface area contributed by atoms with E-state index >= 15 is 0 Å². The molecule has 0 amide bonds. The monoisotopic (exact) mass is 1550 g/mol. The van der Waals surface area contributed by atoms with Crippen LogP contribution in [0.3, 0.4) is 0 Å². The van der Waals surface area contributed by atoms with Crippen LogP contribution in [0.15, 0.2) is 146 Å². The van der Waals surface area contributed by atoms with Crippen LogP contribution in [0.25, 0.3) is 67.5 Å². The summed E-state index contributed by atoms with van der Waals surface area (Å²) >= 11 is 0. The first-order valence-electron chi connectivity index (χ1n) is 37.0. The number of nitrogens with one attached hydrogen (secondary N) is 1. The Morgan fingerprint density at radius 3 is 1.00 bits per heavy atom. The highest BCUT2D eigenvalue weighted by atomic mass is 19.2. The number of alkyl halides is 1. The summed E-state index contributed by atoms with van der Waals surface area (Å²) in [6.45, 7) is 11.7. The maximum Gasteiger partial charge on any atom is 0.225 e. The van der Waals surface area contributed by atoms with Crippen molar-refractivity contribution in [3.8, 4) is 97.6 Å². The number of hydrogen-bond acceptors (Lipinski definition) is 21. The molecule has 587 valence electrons. The van der Waals surface area contributed by atoms with Crippen LogP contribution < -0.4 is 28.9 Å². The van der Waals surface area contributed by atoms with Crippen molar-refractivity contribution < 1.29 is 46.3 Å². The third-order valence-corrected chi connectivity index (χ3v) is 19.3. The Morgan fingerprint density at radius 1 is 0.434 bits per heavy atom. The van der Waals surface area contributed by atoms with Crippen LogP contribution in [-0.4, -0.2) is 166 Å². The highest BCUT2D eigenvalue weighted by Gasteiger charge is 2.28. The van der Waals surface area contributed by atoms with Gasteiger partial charge >= 0.3 is 0 Å². The maximum absolute atomic E-state index is 14.8. The molecule has 113 heavy (non-hydrogen) atoms. The van der Waals surface area contributed by atoms with E-state index in [9.17, 15) is 30.7 Å². The molecule has 24 nitrogen and oxygen atoms in total. The van der Waals surface area contributed by atoms with Gasteiger partial charge in [-0.05, 0) is 183 Å². The number of benzene rings is 6. The van der Waals surface area contributed by atoms with E-state index in [1.165, 1.54) is 41.2 Å². The summed E-state index contributed by atoms with van der Waals surface area (Å²) in [4.78, 5) is 34.4. The van der Waals surface area contributed by atoms with Crippen LogP contribution in [-0.2, 0) is 33.4 Å². The Labute approximate surface area is 655 Å². The van der Waals surface area contributed by atoms with Crippen LogP contribution in [0.1, 0.15) is 84.8 Å². The normalized spacial score (nSPS) is 13.7. The Hall–Kier alpha value is -12.3. The van der Waals surface area contributed by atoms with Gasteiger partial charge in [0.2, 0.25) is 29.5 Å². The lowest BCUT2D eigenvalue weighted by Gasteiger charge is -2.31. The summed E-state index contributed by atoms with van der Waals surface area (Å²) in [7, 11) is 2.43. The van der Waals surface area contributed by atoms with Gasteiger partial charge in [0.25, 0.3) is 0 Å². The minimum Gasteiger partial charge on any atom is -0.487 e. The molecule has 0 spiro atoms. The summed E-state index contributed by atoms with van der Waals surface area (Å²) in [5.41, 5.74) is 8.95. The topological polar surface area (TPSA) is 256 Å². The molecule has 3 aliphatic heterocycles. The summed E-state index contributed by atoms with van der Waals surface area (Å²) in [6, 6.07) is 29.2. The summed E-state index contributed by atoms with van der Waals surface area (Å²) in [6.07, 6.45) is 26.9. The number of anilines is 3. The largest absolute Gasteiger partial charge is 0.487 e. The predicted molar refractivity (Wildman–Crippen MR) is 419 cm³/mol. The second-order valence-electron chi connectivity index (χ2n) is 26.5. The number of aryl methyl sites for hydroxylation is 5. The van der Waals surface area contributed by atoms with E-state index in [2.05, 4.69) is 130 Å². The molecule has 3 fully saturated rings. The number of H-pyrrole nitrogens is 1. The van der Waals surface area contributed by atoms with E-state index in [1.54, 1.807) is 79.4 Å². The average molecular weight is 1550 g/mol. The van der Waals surface area contributed by atoms with Gasteiger partial charge in [0.15, 0.2) is 58.0 Å². The molecule has 6 aromatic heterocycles. The van der Waals surface area contributed by atoms with E-state index in [1.807, 2.05) is 49.3 Å². The van der Waals surface area contributed by atoms with E-state index in [-0.39, 0.29) is 70.7 Å². The van der Waals surface area contributed by atoms with Crippen molar-refractivity contribution in [2.24, 2.45) is 31.8 Å². The molecule has 12 aromatic rings. The van der Waals surface area contributed by atoms with Crippen molar-refractivity contribution >= 4 is 26.3 Å². The lowest BCUT2D eigenvalue weighted by atomic mass is 9.98. The van der Waals surface area contributed by atoms with Crippen molar-refractivity contribution in [2.75, 3.05) is 80.9 Å². The first-order valence-corrected chi connectivity index (χ1v) is 36.3. The smallest absolute Gasteiger partial charge is 0.225 e. The van der Waals surface area contributed by atoms with Crippen molar-refractivity contribution in [1.29, 1.82) is 0 Å². The van der Waals surface area contributed by atoms with Gasteiger partial charge < -0.3 is 28.9 Å². The quantitative estimate of drug-likeness (QED) is 0.0398. The first kappa shape index (κ1) is 83.2. The second kappa shape index (κ2) is 41.1. The maximum atomic E-state index is 14.8. The van der Waals surface area contributed by atoms with Gasteiger partial charge in [-0.15, -0.1) is 38.3 Å². The van der Waals surface area contributed by atoms with Gasteiger partial charge in [-0.2, -0.15) is 10.0 Å². The van der Waals surface area contributed by atoms with Gasteiger partial charge in [0.1, 0.15) is 0 Å².